The van der Waals surface area contributed by atoms with Crippen molar-refractivity contribution < 1.29 is 23.9 Å². The van der Waals surface area contributed by atoms with Crippen molar-refractivity contribution >= 4 is 18.0 Å². The first-order valence-electron chi connectivity index (χ1n) is 10.9. The molecule has 0 saturated carbocycles. The number of esters is 1. The number of benzene rings is 2. The first-order valence-corrected chi connectivity index (χ1v) is 10.9. The second kappa shape index (κ2) is 11.3. The van der Waals surface area contributed by atoms with Crippen molar-refractivity contribution in [3.8, 4) is 0 Å². The molecule has 0 spiro atoms. The molecule has 2 aromatic rings. The summed E-state index contributed by atoms with van der Waals surface area (Å²) in [6.45, 7) is 4.15. The third kappa shape index (κ3) is 6.54. The molecule has 1 heterocycles. The Morgan fingerprint density at radius 2 is 1.78 bits per heavy atom. The molecule has 0 unspecified atom stereocenters. The van der Waals surface area contributed by atoms with Crippen LogP contribution in [0.1, 0.15) is 49.0 Å². The molecule has 2 atom stereocenters. The maximum absolute atomic E-state index is 12.8. The van der Waals surface area contributed by atoms with E-state index in [9.17, 15) is 14.4 Å². The van der Waals surface area contributed by atoms with Crippen LogP contribution in [-0.4, -0.2) is 35.5 Å². The number of hydrogen-bond donors (Lipinski definition) is 0. The van der Waals surface area contributed by atoms with E-state index in [-0.39, 0.29) is 30.9 Å². The highest BCUT2D eigenvalue weighted by molar-refractivity contribution is 5.93. The molecule has 2 aromatic carbocycles. The minimum absolute atomic E-state index is 0.192. The van der Waals surface area contributed by atoms with Crippen molar-refractivity contribution in [2.75, 3.05) is 6.61 Å². The molecule has 2 amide bonds. The Kier molecular flexibility index (Phi) is 8.20. The molecule has 1 saturated heterocycles. The van der Waals surface area contributed by atoms with Crippen LogP contribution in [0.5, 0.6) is 0 Å². The molecule has 0 radical (unpaired) electrons. The van der Waals surface area contributed by atoms with Gasteiger partial charge in [-0.1, -0.05) is 55.5 Å². The Labute approximate surface area is 188 Å². The molecule has 1 aliphatic heterocycles. The van der Waals surface area contributed by atoms with Crippen LogP contribution < -0.4 is 0 Å². The number of allylic oxidation sites excluding steroid dienone is 1. The van der Waals surface area contributed by atoms with Gasteiger partial charge < -0.3 is 9.47 Å². The van der Waals surface area contributed by atoms with Crippen LogP contribution in [0.2, 0.25) is 0 Å². The average Bonchev–Trinajstić information content (AvgIpc) is 3.17. The van der Waals surface area contributed by atoms with E-state index in [1.54, 1.807) is 24.3 Å². The number of hydrogen-bond acceptors (Lipinski definition) is 5. The summed E-state index contributed by atoms with van der Waals surface area (Å²) in [6, 6.07) is 18.3. The van der Waals surface area contributed by atoms with Gasteiger partial charge in [0.05, 0.1) is 17.9 Å². The van der Waals surface area contributed by atoms with Gasteiger partial charge in [-0.25, -0.2) is 14.5 Å². The van der Waals surface area contributed by atoms with Crippen LogP contribution >= 0.6 is 0 Å². The lowest BCUT2D eigenvalue weighted by Gasteiger charge is -2.20. The molecule has 0 aliphatic carbocycles. The van der Waals surface area contributed by atoms with Crippen molar-refractivity contribution in [3.63, 3.8) is 0 Å². The summed E-state index contributed by atoms with van der Waals surface area (Å²) in [7, 11) is 0. The average molecular weight is 436 g/mol. The molecule has 1 fully saturated rings. The van der Waals surface area contributed by atoms with Crippen LogP contribution in [0.15, 0.2) is 72.5 Å². The van der Waals surface area contributed by atoms with Gasteiger partial charge in [-0.05, 0) is 55.4 Å². The number of imide groups is 1. The molecule has 6 heteroatoms. The summed E-state index contributed by atoms with van der Waals surface area (Å²) < 4.78 is 10.4. The number of cyclic esters (lactones) is 1. The maximum atomic E-state index is 12.8. The van der Waals surface area contributed by atoms with Gasteiger partial charge in [-0.15, -0.1) is 0 Å². The fourth-order valence-corrected chi connectivity index (χ4v) is 3.79. The van der Waals surface area contributed by atoms with Crippen LogP contribution in [0.3, 0.4) is 0 Å². The van der Waals surface area contributed by atoms with Crippen LogP contribution in [0.4, 0.5) is 4.79 Å². The second-order valence-electron chi connectivity index (χ2n) is 8.27. The van der Waals surface area contributed by atoms with Gasteiger partial charge in [0.15, 0.2) is 0 Å². The molecule has 6 nitrogen and oxygen atoms in total. The minimum Gasteiger partial charge on any atom is -0.447 e. The summed E-state index contributed by atoms with van der Waals surface area (Å²) in [5, 5.41) is 0. The van der Waals surface area contributed by atoms with Gasteiger partial charge in [0.1, 0.15) is 6.61 Å². The maximum Gasteiger partial charge on any atom is 0.416 e. The SMILES string of the molecule is C/C(=C/OC(=O)c1ccccc1)C[C@H](C)CCC(=O)N1C(=O)OC[C@@H]1Cc1ccccc1. The monoisotopic (exact) mass is 435 g/mol. The summed E-state index contributed by atoms with van der Waals surface area (Å²) >= 11 is 0. The Hall–Kier alpha value is -3.41. The highest BCUT2D eigenvalue weighted by Gasteiger charge is 2.37. The van der Waals surface area contributed by atoms with E-state index in [2.05, 4.69) is 0 Å². The summed E-state index contributed by atoms with van der Waals surface area (Å²) in [4.78, 5) is 38.2. The quantitative estimate of drug-likeness (QED) is 0.403. The molecule has 0 aromatic heterocycles. The number of ether oxygens (including phenoxy) is 2. The first kappa shape index (κ1) is 23.3. The summed E-state index contributed by atoms with van der Waals surface area (Å²) in [6.07, 6.45) is 3.07. The molecule has 3 rings (SSSR count). The van der Waals surface area contributed by atoms with Crippen molar-refractivity contribution in [2.24, 2.45) is 5.92 Å². The van der Waals surface area contributed by atoms with E-state index in [0.29, 0.717) is 24.8 Å². The number of amides is 2. The summed E-state index contributed by atoms with van der Waals surface area (Å²) in [5.41, 5.74) is 2.47. The molecule has 168 valence electrons. The van der Waals surface area contributed by atoms with E-state index in [1.807, 2.05) is 50.2 Å². The van der Waals surface area contributed by atoms with E-state index in [1.165, 1.54) is 11.2 Å². The molecule has 1 aliphatic rings. The predicted molar refractivity (Wildman–Crippen MR) is 121 cm³/mol. The smallest absolute Gasteiger partial charge is 0.416 e. The van der Waals surface area contributed by atoms with Crippen molar-refractivity contribution in [1.82, 2.24) is 4.90 Å². The Bertz CT molecular complexity index is 955. The van der Waals surface area contributed by atoms with Crippen LogP contribution in [0.25, 0.3) is 0 Å². The Morgan fingerprint density at radius 3 is 2.47 bits per heavy atom. The van der Waals surface area contributed by atoms with E-state index >= 15 is 0 Å². The number of nitrogens with zero attached hydrogens (tertiary/aromatic N) is 1. The van der Waals surface area contributed by atoms with Gasteiger partial charge in [0.25, 0.3) is 0 Å². The zero-order valence-electron chi connectivity index (χ0n) is 18.5. The molecule has 0 bridgehead atoms. The zero-order valence-corrected chi connectivity index (χ0v) is 18.5. The van der Waals surface area contributed by atoms with Gasteiger partial charge in [-0.3, -0.25) is 4.79 Å². The number of rotatable bonds is 9. The normalized spacial score (nSPS) is 17.1. The number of carbonyl (C=O) groups excluding carboxylic acids is 3. The predicted octanol–water partition coefficient (Wildman–Crippen LogP) is 5.14. The molecular formula is C26H29NO5. The molecule has 0 N–H and O–H groups in total. The Balaban J connectivity index is 1.46. The van der Waals surface area contributed by atoms with Crippen molar-refractivity contribution in [2.45, 2.75) is 45.6 Å². The third-order valence-electron chi connectivity index (χ3n) is 5.44. The largest absolute Gasteiger partial charge is 0.447 e. The van der Waals surface area contributed by atoms with E-state index in [0.717, 1.165) is 11.1 Å². The standard InChI is InChI=1S/C26H29NO5/c1-19(15-20(2)17-31-25(29)22-11-7-4-8-12-22)13-14-24(28)27-23(18-32-26(27)30)16-21-9-5-3-6-10-21/h3-12,17,19,23H,13-16,18H2,1-2H3/b20-17-/t19-,23+/m1/s1. The lowest BCUT2D eigenvalue weighted by atomic mass is 9.97. The fraction of sp³-hybridized carbons (Fsp3) is 0.346. The van der Waals surface area contributed by atoms with Crippen LogP contribution in [-0.2, 0) is 20.7 Å². The lowest BCUT2D eigenvalue weighted by molar-refractivity contribution is -0.129. The lowest BCUT2D eigenvalue weighted by Crippen LogP contribution is -2.40. The first-order chi connectivity index (χ1) is 15.4. The van der Waals surface area contributed by atoms with Gasteiger partial charge in [0, 0.05) is 6.42 Å². The highest BCUT2D eigenvalue weighted by Crippen LogP contribution is 2.22. The third-order valence-corrected chi connectivity index (χ3v) is 5.44. The van der Waals surface area contributed by atoms with Gasteiger partial charge in [-0.2, -0.15) is 0 Å². The van der Waals surface area contributed by atoms with E-state index in [4.69, 9.17) is 9.47 Å². The van der Waals surface area contributed by atoms with E-state index < -0.39 is 12.1 Å². The topological polar surface area (TPSA) is 72.9 Å². The zero-order chi connectivity index (χ0) is 22.9. The van der Waals surface area contributed by atoms with Crippen LogP contribution in [0, 0.1) is 5.92 Å². The van der Waals surface area contributed by atoms with Crippen molar-refractivity contribution in [3.05, 3.63) is 83.6 Å². The second-order valence-corrected chi connectivity index (χ2v) is 8.27. The highest BCUT2D eigenvalue weighted by atomic mass is 16.6. The van der Waals surface area contributed by atoms with Gasteiger partial charge in [0.2, 0.25) is 5.91 Å². The minimum atomic E-state index is -0.563. The molecule has 32 heavy (non-hydrogen) atoms. The Morgan fingerprint density at radius 1 is 1.12 bits per heavy atom. The molecular weight excluding hydrogens is 406 g/mol. The fourth-order valence-electron chi connectivity index (χ4n) is 3.79. The summed E-state index contributed by atoms with van der Waals surface area (Å²) in [5.74, 6) is -0.418. The number of carbonyl (C=O) groups is 3. The van der Waals surface area contributed by atoms with Crippen molar-refractivity contribution in [1.29, 1.82) is 0 Å². The van der Waals surface area contributed by atoms with Gasteiger partial charge >= 0.3 is 12.1 Å².